The van der Waals surface area contributed by atoms with Crippen molar-refractivity contribution in [3.05, 3.63) is 66.9 Å². The second-order valence-corrected chi connectivity index (χ2v) is 3.78. The van der Waals surface area contributed by atoms with Crippen LogP contribution in [0.15, 0.2) is 55.7 Å². The quantitative estimate of drug-likeness (QED) is 0.728. The summed E-state index contributed by atoms with van der Waals surface area (Å²) in [7, 11) is 0. The van der Waals surface area contributed by atoms with Gasteiger partial charge in [0.05, 0.1) is 0 Å². The van der Waals surface area contributed by atoms with Gasteiger partial charge in [-0.3, -0.25) is 0 Å². The van der Waals surface area contributed by atoms with Gasteiger partial charge in [0.1, 0.15) is 0 Å². The molecule has 0 bridgehead atoms. The Hall–Kier alpha value is -2.02. The maximum atomic E-state index is 3.81. The van der Waals surface area contributed by atoms with Gasteiger partial charge in [0, 0.05) is 16.6 Å². The fourth-order valence-corrected chi connectivity index (χ4v) is 1.86. The number of aromatic nitrogens is 1. The van der Waals surface area contributed by atoms with Crippen LogP contribution < -0.4 is 0 Å². The average molecular weight is 209 g/mol. The topological polar surface area (TPSA) is 15.8 Å². The highest BCUT2D eigenvalue weighted by atomic mass is 14.7. The molecule has 1 N–H and O–H groups in total. The molecule has 16 heavy (non-hydrogen) atoms. The van der Waals surface area contributed by atoms with Crippen molar-refractivity contribution in [2.45, 2.75) is 6.92 Å². The predicted octanol–water partition coefficient (Wildman–Crippen LogP) is 4.23. The first-order valence-electron chi connectivity index (χ1n) is 5.30. The zero-order chi connectivity index (χ0) is 11.5. The number of aryl methyl sites for hydroxylation is 1. The van der Waals surface area contributed by atoms with Crippen LogP contribution >= 0.6 is 0 Å². The Bertz CT molecular complexity index is 570. The van der Waals surface area contributed by atoms with Crippen molar-refractivity contribution in [2.75, 3.05) is 0 Å². The fraction of sp³-hybridized carbons (Fsp3) is 0.0667. The molecule has 0 unspecified atom stereocenters. The van der Waals surface area contributed by atoms with E-state index in [2.05, 4.69) is 49.3 Å². The Morgan fingerprint density at radius 3 is 2.75 bits per heavy atom. The third-order valence-corrected chi connectivity index (χ3v) is 2.71. The van der Waals surface area contributed by atoms with E-state index in [4.69, 9.17) is 0 Å². The Morgan fingerprint density at radius 1 is 1.31 bits per heavy atom. The number of allylic oxidation sites excluding steroid dienone is 4. The highest BCUT2D eigenvalue weighted by Crippen LogP contribution is 2.23. The minimum Gasteiger partial charge on any atom is -0.355 e. The van der Waals surface area contributed by atoms with Crippen LogP contribution in [-0.4, -0.2) is 4.98 Å². The SMILES string of the molecule is C=C/C=C(\C=C)c1cc2c(C)cccc2[nH]1. The Labute approximate surface area is 95.8 Å². The van der Waals surface area contributed by atoms with Gasteiger partial charge in [-0.2, -0.15) is 0 Å². The molecule has 0 fully saturated rings. The van der Waals surface area contributed by atoms with Gasteiger partial charge in [-0.05, 0) is 30.2 Å². The van der Waals surface area contributed by atoms with Crippen molar-refractivity contribution in [1.29, 1.82) is 0 Å². The fourth-order valence-electron chi connectivity index (χ4n) is 1.86. The molecule has 0 amide bonds. The van der Waals surface area contributed by atoms with Crippen LogP contribution in [-0.2, 0) is 0 Å². The minimum absolute atomic E-state index is 1.06. The van der Waals surface area contributed by atoms with Crippen LogP contribution in [0.3, 0.4) is 0 Å². The standard InChI is InChI=1S/C15H15N/c1-4-7-12(5-2)15-10-13-11(3)8-6-9-14(13)16-15/h4-10,16H,1-2H2,3H3/b12-7+. The molecule has 1 aromatic carbocycles. The molecule has 1 heteroatoms. The second-order valence-electron chi connectivity index (χ2n) is 3.78. The number of H-pyrrole nitrogens is 1. The number of hydrogen-bond acceptors (Lipinski definition) is 0. The van der Waals surface area contributed by atoms with Gasteiger partial charge in [-0.15, -0.1) is 0 Å². The van der Waals surface area contributed by atoms with E-state index in [9.17, 15) is 0 Å². The van der Waals surface area contributed by atoms with E-state index >= 15 is 0 Å². The van der Waals surface area contributed by atoms with E-state index in [-0.39, 0.29) is 0 Å². The number of benzene rings is 1. The monoisotopic (exact) mass is 209 g/mol. The lowest BCUT2D eigenvalue weighted by Gasteiger charge is -1.95. The van der Waals surface area contributed by atoms with Crippen molar-refractivity contribution < 1.29 is 0 Å². The summed E-state index contributed by atoms with van der Waals surface area (Å²) in [5.74, 6) is 0. The van der Waals surface area contributed by atoms with Gasteiger partial charge in [0.25, 0.3) is 0 Å². The van der Waals surface area contributed by atoms with Gasteiger partial charge in [-0.1, -0.05) is 43.5 Å². The molecule has 0 aliphatic carbocycles. The minimum atomic E-state index is 1.06. The molecule has 2 rings (SSSR count). The molecule has 0 atom stereocenters. The van der Waals surface area contributed by atoms with Crippen LogP contribution in [0.5, 0.6) is 0 Å². The number of nitrogens with one attached hydrogen (secondary N) is 1. The highest BCUT2D eigenvalue weighted by molar-refractivity contribution is 5.89. The zero-order valence-electron chi connectivity index (χ0n) is 9.46. The first-order chi connectivity index (χ1) is 7.76. The Balaban J connectivity index is 2.63. The van der Waals surface area contributed by atoms with E-state index in [1.165, 1.54) is 10.9 Å². The highest BCUT2D eigenvalue weighted by Gasteiger charge is 2.04. The van der Waals surface area contributed by atoms with E-state index in [0.29, 0.717) is 0 Å². The number of aromatic amines is 1. The summed E-state index contributed by atoms with van der Waals surface area (Å²) in [5.41, 5.74) is 4.58. The largest absolute Gasteiger partial charge is 0.355 e. The first kappa shape index (κ1) is 10.5. The molecular weight excluding hydrogens is 194 g/mol. The molecule has 2 aromatic rings. The van der Waals surface area contributed by atoms with Crippen LogP contribution in [0, 0.1) is 6.92 Å². The van der Waals surface area contributed by atoms with Gasteiger partial charge < -0.3 is 4.98 Å². The van der Waals surface area contributed by atoms with Crippen LogP contribution in [0.1, 0.15) is 11.3 Å². The van der Waals surface area contributed by atoms with Gasteiger partial charge in [0.2, 0.25) is 0 Å². The van der Waals surface area contributed by atoms with Crippen LogP contribution in [0.4, 0.5) is 0 Å². The summed E-state index contributed by atoms with van der Waals surface area (Å²) in [4.78, 5) is 3.38. The van der Waals surface area contributed by atoms with Gasteiger partial charge in [-0.25, -0.2) is 0 Å². The molecule has 0 spiro atoms. The molecule has 1 heterocycles. The molecule has 80 valence electrons. The maximum Gasteiger partial charge on any atom is 0.0464 e. The summed E-state index contributed by atoms with van der Waals surface area (Å²) in [6.07, 6.45) is 5.56. The molecule has 0 saturated heterocycles. The van der Waals surface area contributed by atoms with Crippen molar-refractivity contribution in [3.8, 4) is 0 Å². The summed E-state index contributed by atoms with van der Waals surface area (Å²) in [6, 6.07) is 8.41. The van der Waals surface area contributed by atoms with Crippen LogP contribution in [0.25, 0.3) is 16.5 Å². The number of rotatable bonds is 3. The third kappa shape index (κ3) is 1.72. The lowest BCUT2D eigenvalue weighted by atomic mass is 10.1. The summed E-state index contributed by atoms with van der Waals surface area (Å²) < 4.78 is 0. The summed E-state index contributed by atoms with van der Waals surface area (Å²) >= 11 is 0. The lowest BCUT2D eigenvalue weighted by molar-refractivity contribution is 1.41. The van der Waals surface area contributed by atoms with E-state index < -0.39 is 0 Å². The first-order valence-corrected chi connectivity index (χ1v) is 5.30. The zero-order valence-corrected chi connectivity index (χ0v) is 9.46. The smallest absolute Gasteiger partial charge is 0.0464 e. The lowest BCUT2D eigenvalue weighted by Crippen LogP contribution is -1.78. The molecule has 0 aliphatic heterocycles. The normalized spacial score (nSPS) is 11.7. The third-order valence-electron chi connectivity index (χ3n) is 2.71. The molecule has 1 nitrogen and oxygen atoms in total. The van der Waals surface area contributed by atoms with E-state index in [0.717, 1.165) is 16.8 Å². The molecule has 0 radical (unpaired) electrons. The Morgan fingerprint density at radius 2 is 2.12 bits per heavy atom. The summed E-state index contributed by atoms with van der Waals surface area (Å²) in [5, 5.41) is 1.26. The number of hydrogen-bond donors (Lipinski definition) is 1. The number of fused-ring (bicyclic) bond motifs is 1. The molecular formula is C15H15N. The Kier molecular flexibility index (Phi) is 2.78. The van der Waals surface area contributed by atoms with E-state index in [1.54, 1.807) is 6.08 Å². The molecule has 0 saturated carbocycles. The van der Waals surface area contributed by atoms with E-state index in [1.807, 2.05) is 12.2 Å². The molecule has 1 aromatic heterocycles. The van der Waals surface area contributed by atoms with Gasteiger partial charge >= 0.3 is 0 Å². The van der Waals surface area contributed by atoms with Gasteiger partial charge in [0.15, 0.2) is 0 Å². The van der Waals surface area contributed by atoms with Crippen molar-refractivity contribution >= 4 is 16.5 Å². The maximum absolute atomic E-state index is 3.81. The van der Waals surface area contributed by atoms with Crippen LogP contribution in [0.2, 0.25) is 0 Å². The average Bonchev–Trinajstić information content (AvgIpc) is 2.71. The van der Waals surface area contributed by atoms with Crippen molar-refractivity contribution in [3.63, 3.8) is 0 Å². The summed E-state index contributed by atoms with van der Waals surface area (Å²) in [6.45, 7) is 9.64. The van der Waals surface area contributed by atoms with Crippen molar-refractivity contribution in [2.24, 2.45) is 0 Å². The predicted molar refractivity (Wildman–Crippen MR) is 71.4 cm³/mol. The second kappa shape index (κ2) is 4.23. The molecule has 0 aliphatic rings. The van der Waals surface area contributed by atoms with Crippen molar-refractivity contribution in [1.82, 2.24) is 4.98 Å².